The normalized spacial score (nSPS) is 14.8. The van der Waals surface area contributed by atoms with Crippen molar-refractivity contribution in [3.05, 3.63) is 224 Å². The van der Waals surface area contributed by atoms with Gasteiger partial charge >= 0.3 is 16.5 Å². The van der Waals surface area contributed by atoms with Crippen molar-refractivity contribution in [3.63, 3.8) is 0 Å². The van der Waals surface area contributed by atoms with Gasteiger partial charge in [-0.25, -0.2) is 0 Å². The number of hydrogen-bond donors (Lipinski definition) is 0. The maximum Gasteiger partial charge on any atom is 2.00 e. The van der Waals surface area contributed by atoms with Crippen LogP contribution in [0, 0.1) is 13.0 Å². The topological polar surface area (TPSA) is 57.3 Å². The molecule has 0 unspecified atom stereocenters. The number of nitrogens with zero attached hydrogens (tertiary/aromatic N) is 3. The zero-order valence-electron chi connectivity index (χ0n) is 37.3. The first-order valence-electron chi connectivity index (χ1n) is 21.3. The molecule has 63 heavy (non-hydrogen) atoms. The zero-order chi connectivity index (χ0) is 43.3. The van der Waals surface area contributed by atoms with E-state index in [-0.39, 0.29) is 27.3 Å². The molecule has 0 spiro atoms. The molecule has 0 saturated heterocycles. The average Bonchev–Trinajstić information content (AvgIpc) is 4.05. The van der Waals surface area contributed by atoms with Crippen molar-refractivity contribution in [1.82, 2.24) is 4.98 Å². The molecule has 8 bridgehead atoms. The predicted molar refractivity (Wildman–Crippen MR) is 256 cm³/mol. The molecule has 1 aromatic heterocycles. The molecule has 6 heteroatoms. The summed E-state index contributed by atoms with van der Waals surface area (Å²) in [4.78, 5) is 16.5. The van der Waals surface area contributed by atoms with Gasteiger partial charge in [-0.3, -0.25) is 9.98 Å². The Hall–Kier alpha value is -6.49. The molecule has 5 nitrogen and oxygen atoms in total. The minimum atomic E-state index is 0. The fourth-order valence-corrected chi connectivity index (χ4v) is 8.68. The van der Waals surface area contributed by atoms with E-state index in [0.717, 1.165) is 94.8 Å². The number of benzene rings is 5. The Morgan fingerprint density at radius 3 is 1.17 bits per heavy atom. The van der Waals surface area contributed by atoms with Gasteiger partial charge in [-0.2, -0.15) is 0 Å². The van der Waals surface area contributed by atoms with Gasteiger partial charge in [0.2, 0.25) is 0 Å². The van der Waals surface area contributed by atoms with Gasteiger partial charge in [0.25, 0.3) is 0 Å². The van der Waals surface area contributed by atoms with Crippen molar-refractivity contribution in [3.8, 4) is 11.5 Å². The number of methoxy groups -OCH3 is 2. The molecule has 6 aromatic rings. The van der Waals surface area contributed by atoms with Crippen molar-refractivity contribution in [1.29, 1.82) is 0 Å². The Bertz CT molecular complexity index is 2850. The number of ether oxygens (including phenoxy) is 2. The van der Waals surface area contributed by atoms with Gasteiger partial charge in [0.1, 0.15) is 0 Å². The van der Waals surface area contributed by atoms with E-state index in [1.54, 1.807) is 14.2 Å². The second-order valence-corrected chi connectivity index (χ2v) is 18.1. The van der Waals surface area contributed by atoms with Crippen LogP contribution in [-0.2, 0) is 27.3 Å². The molecule has 0 aliphatic carbocycles. The van der Waals surface area contributed by atoms with E-state index in [9.17, 15) is 0 Å². The Balaban J connectivity index is 0.00000544. The first-order chi connectivity index (χ1) is 29.8. The van der Waals surface area contributed by atoms with Crippen molar-refractivity contribution >= 4 is 33.7 Å². The van der Waals surface area contributed by atoms with Gasteiger partial charge in [-0.1, -0.05) is 174 Å². The molecule has 0 N–H and O–H groups in total. The summed E-state index contributed by atoms with van der Waals surface area (Å²) >= 11 is 0. The first kappa shape index (κ1) is 43.2. The monoisotopic (exact) mass is 867 g/mol. The minimum Gasteiger partial charge on any atom is -0.657 e. The second kappa shape index (κ2) is 17.0. The van der Waals surface area contributed by atoms with Gasteiger partial charge in [-0.05, 0) is 103 Å². The van der Waals surface area contributed by atoms with Crippen molar-refractivity contribution in [2.24, 2.45) is 9.98 Å². The fraction of sp³-hybridized carbons (Fsp3) is 0.193. The van der Waals surface area contributed by atoms with E-state index in [2.05, 4.69) is 181 Å². The molecular formula is C57H51N3NiO2. The van der Waals surface area contributed by atoms with Crippen LogP contribution in [0.4, 0.5) is 0 Å². The van der Waals surface area contributed by atoms with E-state index >= 15 is 0 Å². The van der Waals surface area contributed by atoms with Gasteiger partial charge < -0.3 is 14.5 Å². The van der Waals surface area contributed by atoms with Crippen LogP contribution in [0.5, 0.6) is 11.5 Å². The van der Waals surface area contributed by atoms with Gasteiger partial charge in [0, 0.05) is 11.4 Å². The molecule has 316 valence electrons. The van der Waals surface area contributed by atoms with Crippen LogP contribution in [0.2, 0.25) is 0 Å². The summed E-state index contributed by atoms with van der Waals surface area (Å²) in [6, 6.07) is 46.6. The standard InChI is InChI=1S/C57H51N3O2.Ni/c1-35-54(61-8)42-34-43(55(35)62-9)51(37-18-14-11-15-19-37)45-29-31-47(59-45)53(39-22-26-41(27-23-39)57(5,6)7)49-33-32-48(60-49)52(38-20-24-40(25-21-38)56(2,3)4)46-30-28-44(58-46)50(42)36-16-12-10-13-17-36;/h10-33H,1-9H3;/q-2;+2. The Kier molecular flexibility index (Phi) is 11.6. The molecule has 0 atom stereocenters. The van der Waals surface area contributed by atoms with Crippen LogP contribution in [0.3, 0.4) is 0 Å². The number of hydrogen-bond acceptors (Lipinski definition) is 4. The molecule has 0 radical (unpaired) electrons. The molecular weight excluding hydrogens is 817 g/mol. The maximum atomic E-state index is 6.31. The molecule has 3 aliphatic rings. The van der Waals surface area contributed by atoms with Crippen LogP contribution in [0.25, 0.3) is 22.3 Å². The summed E-state index contributed by atoms with van der Waals surface area (Å²) in [5, 5.41) is 1.67. The van der Waals surface area contributed by atoms with Crippen LogP contribution < -0.4 is 25.2 Å². The smallest absolute Gasteiger partial charge is 0.657 e. The van der Waals surface area contributed by atoms with Crippen molar-refractivity contribution in [2.45, 2.75) is 59.3 Å². The quantitative estimate of drug-likeness (QED) is 0.124. The largest absolute Gasteiger partial charge is 2.00 e. The van der Waals surface area contributed by atoms with Crippen molar-refractivity contribution in [2.75, 3.05) is 14.2 Å². The summed E-state index contributed by atoms with van der Waals surface area (Å²) in [5.41, 5.74) is 15.9. The third-order valence-corrected chi connectivity index (χ3v) is 12.0. The third kappa shape index (κ3) is 8.05. The molecule has 0 amide bonds. The van der Waals surface area contributed by atoms with Crippen molar-refractivity contribution < 1.29 is 26.0 Å². The summed E-state index contributed by atoms with van der Waals surface area (Å²) in [6.45, 7) is 15.5. The Labute approximate surface area is 381 Å². The molecule has 0 fully saturated rings. The van der Waals surface area contributed by atoms with Crippen LogP contribution >= 0.6 is 0 Å². The van der Waals surface area contributed by atoms with E-state index in [1.807, 2.05) is 19.1 Å². The second-order valence-electron chi connectivity index (χ2n) is 18.1. The molecule has 0 saturated carbocycles. The van der Waals surface area contributed by atoms with E-state index < -0.39 is 0 Å². The van der Waals surface area contributed by atoms with Crippen LogP contribution in [0.1, 0.15) is 91.6 Å². The van der Waals surface area contributed by atoms with Gasteiger partial charge in [0.05, 0.1) is 37.1 Å². The minimum absolute atomic E-state index is 0. The number of aromatic nitrogens is 1. The fourth-order valence-electron chi connectivity index (χ4n) is 8.68. The number of rotatable bonds is 6. The third-order valence-electron chi connectivity index (χ3n) is 12.0. The van der Waals surface area contributed by atoms with E-state index in [4.69, 9.17) is 24.4 Å². The maximum absolute atomic E-state index is 6.31. The molecule has 9 rings (SSSR count). The van der Waals surface area contributed by atoms with E-state index in [0.29, 0.717) is 11.5 Å². The van der Waals surface area contributed by atoms with E-state index in [1.165, 1.54) is 11.1 Å². The van der Waals surface area contributed by atoms with Crippen LogP contribution in [-0.4, -0.2) is 25.6 Å². The molecule has 4 heterocycles. The molecule has 5 aromatic carbocycles. The Morgan fingerprint density at radius 1 is 0.460 bits per heavy atom. The predicted octanol–water partition coefficient (Wildman–Crippen LogP) is 11.0. The Morgan fingerprint density at radius 2 is 0.825 bits per heavy atom. The van der Waals surface area contributed by atoms with Gasteiger partial charge in [-0.15, -0.1) is 16.8 Å². The molecule has 3 aliphatic heterocycles. The summed E-state index contributed by atoms with van der Waals surface area (Å²) < 4.78 is 12.6. The van der Waals surface area contributed by atoms with Crippen LogP contribution in [0.15, 0.2) is 167 Å². The number of fused-ring (bicyclic) bond motifs is 6. The zero-order valence-corrected chi connectivity index (χ0v) is 38.3. The SMILES string of the molecule is COc1c2[c-]c(c(OC)c1C)C(c1ccccc1)=C1C=CC(=N1)C(c1ccc(C(C)(C)C)cc1)=c1ccc([n-]1)=C(c1ccc(C(C)(C)C)cc1)C1=NC(=C2c2ccccc2)C=C1.[Ni+2]. The number of allylic oxidation sites excluding steroid dienone is 4. The number of aliphatic imine (C=N–C) groups is 2. The summed E-state index contributed by atoms with van der Waals surface area (Å²) in [6.07, 6.45) is 8.44. The summed E-state index contributed by atoms with van der Waals surface area (Å²) in [7, 11) is 3.42. The average molecular weight is 869 g/mol. The summed E-state index contributed by atoms with van der Waals surface area (Å²) in [5.74, 6) is 1.33. The van der Waals surface area contributed by atoms with Gasteiger partial charge in [0.15, 0.2) is 0 Å². The first-order valence-corrected chi connectivity index (χ1v) is 21.3.